The maximum Gasteiger partial charge on any atom is 0.271 e. The molecule has 1 amide bonds. The Kier molecular flexibility index (Phi) is 7.61. The van der Waals surface area contributed by atoms with Gasteiger partial charge in [-0.1, -0.05) is 30.0 Å². The van der Waals surface area contributed by atoms with Gasteiger partial charge in [-0.25, -0.2) is 0 Å². The monoisotopic (exact) mass is 453 g/mol. The molecular formula is C22H23N5O4S. The number of amides is 1. The topological polar surface area (TPSA) is 112 Å². The Morgan fingerprint density at radius 2 is 2.00 bits per heavy atom. The van der Waals surface area contributed by atoms with Crippen LogP contribution < -0.4 is 10.1 Å². The molecule has 10 heteroatoms. The van der Waals surface area contributed by atoms with E-state index in [0.717, 1.165) is 16.9 Å². The standard InChI is InChI=1S/C22H23N5O4S/c1-4-8-26-20(13-31-19-10-15(2)9-16(3)11-19)24-25-22(26)32-14-21(28)23-17-6-5-7-18(12-17)27(29)30/h4-7,9-12H,1,8,13-14H2,2-3H3,(H,23,28). The molecule has 0 spiro atoms. The molecule has 0 atom stereocenters. The Morgan fingerprint density at radius 3 is 2.69 bits per heavy atom. The van der Waals surface area contributed by atoms with Crippen molar-refractivity contribution < 1.29 is 14.5 Å². The van der Waals surface area contributed by atoms with Crippen molar-refractivity contribution in [3.63, 3.8) is 0 Å². The van der Waals surface area contributed by atoms with Crippen LogP contribution in [0.2, 0.25) is 0 Å². The van der Waals surface area contributed by atoms with Crippen molar-refractivity contribution in [2.24, 2.45) is 0 Å². The number of aromatic nitrogens is 3. The first-order valence-electron chi connectivity index (χ1n) is 9.77. The summed E-state index contributed by atoms with van der Waals surface area (Å²) in [5, 5.41) is 22.5. The van der Waals surface area contributed by atoms with E-state index >= 15 is 0 Å². The van der Waals surface area contributed by atoms with Gasteiger partial charge in [0, 0.05) is 24.4 Å². The first-order chi connectivity index (χ1) is 15.4. The average Bonchev–Trinajstić information content (AvgIpc) is 3.12. The highest BCUT2D eigenvalue weighted by Gasteiger charge is 2.15. The zero-order chi connectivity index (χ0) is 23.1. The van der Waals surface area contributed by atoms with Crippen molar-refractivity contribution >= 4 is 29.0 Å². The minimum absolute atomic E-state index is 0.0654. The fourth-order valence-electron chi connectivity index (χ4n) is 3.03. The first kappa shape index (κ1) is 23.0. The summed E-state index contributed by atoms with van der Waals surface area (Å²) in [6.07, 6.45) is 1.72. The third-order valence-electron chi connectivity index (χ3n) is 4.34. The molecule has 3 aromatic rings. The minimum Gasteiger partial charge on any atom is -0.486 e. The number of non-ortho nitro benzene ring substituents is 1. The van der Waals surface area contributed by atoms with E-state index in [1.165, 1.54) is 30.0 Å². The first-order valence-corrected chi connectivity index (χ1v) is 10.8. The van der Waals surface area contributed by atoms with E-state index in [2.05, 4.69) is 28.2 Å². The van der Waals surface area contributed by atoms with Gasteiger partial charge in [-0.05, 0) is 43.2 Å². The Morgan fingerprint density at radius 1 is 1.25 bits per heavy atom. The second-order valence-electron chi connectivity index (χ2n) is 7.05. The van der Waals surface area contributed by atoms with Crippen LogP contribution in [0, 0.1) is 24.0 Å². The second kappa shape index (κ2) is 10.6. The van der Waals surface area contributed by atoms with Crippen molar-refractivity contribution in [1.82, 2.24) is 14.8 Å². The number of allylic oxidation sites excluding steroid dienone is 1. The summed E-state index contributed by atoms with van der Waals surface area (Å²) >= 11 is 1.21. The van der Waals surface area contributed by atoms with Gasteiger partial charge < -0.3 is 10.1 Å². The lowest BCUT2D eigenvalue weighted by Crippen LogP contribution is -2.15. The number of rotatable bonds is 10. The van der Waals surface area contributed by atoms with Crippen LogP contribution in [0.5, 0.6) is 5.75 Å². The van der Waals surface area contributed by atoms with Gasteiger partial charge in [0.05, 0.1) is 10.7 Å². The molecule has 9 nitrogen and oxygen atoms in total. The molecule has 0 radical (unpaired) electrons. The lowest BCUT2D eigenvalue weighted by atomic mass is 10.1. The number of ether oxygens (including phenoxy) is 1. The van der Waals surface area contributed by atoms with Crippen LogP contribution in [0.15, 0.2) is 60.3 Å². The maximum atomic E-state index is 12.3. The lowest BCUT2D eigenvalue weighted by Gasteiger charge is -2.10. The van der Waals surface area contributed by atoms with Crippen molar-refractivity contribution in [1.29, 1.82) is 0 Å². The molecule has 0 saturated heterocycles. The highest BCUT2D eigenvalue weighted by atomic mass is 32.2. The fraction of sp³-hybridized carbons (Fsp3) is 0.227. The number of nitro groups is 1. The SMILES string of the molecule is C=CCn1c(COc2cc(C)cc(C)c2)nnc1SCC(=O)Nc1cccc([N+](=O)[O-])c1. The number of carbonyl (C=O) groups is 1. The van der Waals surface area contributed by atoms with Crippen LogP contribution >= 0.6 is 11.8 Å². The number of thioether (sulfide) groups is 1. The summed E-state index contributed by atoms with van der Waals surface area (Å²) in [4.78, 5) is 22.7. The third-order valence-corrected chi connectivity index (χ3v) is 5.31. The summed E-state index contributed by atoms with van der Waals surface area (Å²) in [6, 6.07) is 11.8. The number of hydrogen-bond donors (Lipinski definition) is 1. The molecule has 3 rings (SSSR count). The van der Waals surface area contributed by atoms with Crippen LogP contribution in [0.3, 0.4) is 0 Å². The van der Waals surface area contributed by atoms with Gasteiger partial charge >= 0.3 is 0 Å². The van der Waals surface area contributed by atoms with Crippen LogP contribution in [0.1, 0.15) is 17.0 Å². The lowest BCUT2D eigenvalue weighted by molar-refractivity contribution is -0.384. The van der Waals surface area contributed by atoms with Crippen molar-refractivity contribution in [2.75, 3.05) is 11.1 Å². The predicted molar refractivity (Wildman–Crippen MR) is 123 cm³/mol. The number of benzene rings is 2. The number of hydrogen-bond acceptors (Lipinski definition) is 7. The van der Waals surface area contributed by atoms with Gasteiger partial charge in [0.25, 0.3) is 5.69 Å². The molecule has 0 fully saturated rings. The predicted octanol–water partition coefficient (Wildman–Crippen LogP) is 4.30. The van der Waals surface area contributed by atoms with Crippen molar-refractivity contribution in [2.45, 2.75) is 32.2 Å². The minimum atomic E-state index is -0.510. The van der Waals surface area contributed by atoms with Crippen LogP contribution in [0.4, 0.5) is 11.4 Å². The molecule has 0 aliphatic rings. The van der Waals surface area contributed by atoms with E-state index in [4.69, 9.17) is 4.74 Å². The van der Waals surface area contributed by atoms with Gasteiger partial charge in [0.15, 0.2) is 11.0 Å². The summed E-state index contributed by atoms with van der Waals surface area (Å²) < 4.78 is 7.72. The molecule has 1 heterocycles. The maximum absolute atomic E-state index is 12.3. The largest absolute Gasteiger partial charge is 0.486 e. The van der Waals surface area contributed by atoms with Crippen LogP contribution in [0.25, 0.3) is 0 Å². The van der Waals surface area contributed by atoms with Gasteiger partial charge in [-0.15, -0.1) is 16.8 Å². The Hall–Kier alpha value is -3.66. The summed E-state index contributed by atoms with van der Waals surface area (Å²) in [5.41, 5.74) is 2.49. The highest BCUT2D eigenvalue weighted by molar-refractivity contribution is 7.99. The smallest absolute Gasteiger partial charge is 0.271 e. The number of carbonyl (C=O) groups excluding carboxylic acids is 1. The fourth-order valence-corrected chi connectivity index (χ4v) is 3.80. The van der Waals surface area contributed by atoms with Crippen molar-refractivity contribution in [3.8, 4) is 5.75 Å². The molecule has 0 aliphatic carbocycles. The van der Waals surface area contributed by atoms with E-state index in [1.54, 1.807) is 12.1 Å². The van der Waals surface area contributed by atoms with E-state index < -0.39 is 4.92 Å². The zero-order valence-corrected chi connectivity index (χ0v) is 18.6. The molecule has 1 aromatic heterocycles. The Balaban J connectivity index is 1.63. The summed E-state index contributed by atoms with van der Waals surface area (Å²) in [7, 11) is 0. The average molecular weight is 454 g/mol. The quantitative estimate of drug-likeness (QED) is 0.211. The molecule has 0 saturated carbocycles. The normalized spacial score (nSPS) is 10.6. The molecule has 0 bridgehead atoms. The highest BCUT2D eigenvalue weighted by Crippen LogP contribution is 2.22. The van der Waals surface area contributed by atoms with Gasteiger partial charge in [-0.2, -0.15) is 0 Å². The van der Waals surface area contributed by atoms with Gasteiger partial charge in [0.1, 0.15) is 12.4 Å². The van der Waals surface area contributed by atoms with E-state index in [9.17, 15) is 14.9 Å². The molecule has 166 valence electrons. The summed E-state index contributed by atoms with van der Waals surface area (Å²) in [5.74, 6) is 1.12. The third kappa shape index (κ3) is 6.17. The molecule has 1 N–H and O–H groups in total. The zero-order valence-electron chi connectivity index (χ0n) is 17.8. The van der Waals surface area contributed by atoms with E-state index in [1.807, 2.05) is 30.5 Å². The van der Waals surface area contributed by atoms with Gasteiger partial charge in [-0.3, -0.25) is 19.5 Å². The summed E-state index contributed by atoms with van der Waals surface area (Å²) in [6.45, 7) is 8.48. The van der Waals surface area contributed by atoms with Crippen molar-refractivity contribution in [3.05, 3.63) is 82.2 Å². The van der Waals surface area contributed by atoms with E-state index in [-0.39, 0.29) is 24.0 Å². The Bertz CT molecular complexity index is 1120. The number of nitrogens with one attached hydrogen (secondary N) is 1. The Labute approximate surface area is 189 Å². The molecular weight excluding hydrogens is 430 g/mol. The number of nitro benzene ring substituents is 1. The molecule has 2 aromatic carbocycles. The van der Waals surface area contributed by atoms with Crippen LogP contribution in [-0.4, -0.2) is 31.3 Å². The molecule has 0 unspecified atom stereocenters. The van der Waals surface area contributed by atoms with E-state index in [0.29, 0.717) is 23.2 Å². The molecule has 32 heavy (non-hydrogen) atoms. The molecule has 0 aliphatic heterocycles. The second-order valence-corrected chi connectivity index (χ2v) is 8.00. The number of nitrogens with zero attached hydrogens (tertiary/aromatic N) is 4. The number of anilines is 1. The van der Waals surface area contributed by atoms with Gasteiger partial charge in [0.2, 0.25) is 5.91 Å². The number of aryl methyl sites for hydroxylation is 2. The van der Waals surface area contributed by atoms with Crippen LogP contribution in [-0.2, 0) is 17.9 Å².